The lowest BCUT2D eigenvalue weighted by molar-refractivity contribution is 0.0536. The molecule has 122 valence electrons. The number of carbonyl (C=O) groups excluding carboxylic acids is 1. The number of amides is 1. The summed E-state index contributed by atoms with van der Waals surface area (Å²) in [5.41, 5.74) is 0.168. The molecule has 2 aliphatic heterocycles. The molecule has 8 heteroatoms. The third-order valence-corrected chi connectivity index (χ3v) is 6.69. The Bertz CT molecular complexity index is 681. The van der Waals surface area contributed by atoms with Crippen molar-refractivity contribution in [2.75, 3.05) is 33.2 Å². The van der Waals surface area contributed by atoms with Crippen LogP contribution in [0.25, 0.3) is 0 Å². The number of hydrogen-bond donors (Lipinski definition) is 1. The van der Waals surface area contributed by atoms with Crippen LogP contribution in [0.3, 0.4) is 0 Å². The van der Waals surface area contributed by atoms with Crippen LogP contribution in [0.4, 0.5) is 0 Å². The van der Waals surface area contributed by atoms with Crippen LogP contribution in [0.1, 0.15) is 28.9 Å². The fraction of sp³-hybridized carbons (Fsp3) is 0.643. The molecule has 0 aliphatic carbocycles. The molecule has 1 aromatic rings. The zero-order valence-corrected chi connectivity index (χ0v) is 14.3. The van der Waals surface area contributed by atoms with Crippen molar-refractivity contribution in [3.8, 4) is 0 Å². The van der Waals surface area contributed by atoms with E-state index in [9.17, 15) is 13.2 Å². The van der Waals surface area contributed by atoms with Crippen LogP contribution in [0, 0.1) is 5.41 Å². The first-order valence-corrected chi connectivity index (χ1v) is 9.82. The highest BCUT2D eigenvalue weighted by Gasteiger charge is 2.42. The first-order chi connectivity index (χ1) is 10.3. The van der Waals surface area contributed by atoms with Gasteiger partial charge in [-0.3, -0.25) is 4.79 Å². The molecule has 3 heterocycles. The number of primary sulfonamides is 1. The molecule has 0 radical (unpaired) electrons. The van der Waals surface area contributed by atoms with Gasteiger partial charge in [-0.25, -0.2) is 13.6 Å². The largest absolute Gasteiger partial charge is 0.337 e. The smallest absolute Gasteiger partial charge is 0.265 e. The fourth-order valence-electron chi connectivity index (χ4n) is 3.69. The van der Waals surface area contributed by atoms with Crippen LogP contribution in [0.15, 0.2) is 16.3 Å². The number of sulfonamides is 1. The molecule has 1 amide bonds. The average Bonchev–Trinajstić information content (AvgIpc) is 3.05. The van der Waals surface area contributed by atoms with Gasteiger partial charge in [-0.15, -0.1) is 11.3 Å². The van der Waals surface area contributed by atoms with E-state index in [1.165, 1.54) is 6.07 Å². The number of likely N-dealkylation sites (tertiary alicyclic amines) is 2. The molecule has 3 rings (SSSR count). The summed E-state index contributed by atoms with van der Waals surface area (Å²) in [6.07, 6.45) is 3.20. The van der Waals surface area contributed by atoms with Gasteiger partial charge in [0.2, 0.25) is 10.0 Å². The van der Waals surface area contributed by atoms with Crippen LogP contribution >= 0.6 is 11.3 Å². The summed E-state index contributed by atoms with van der Waals surface area (Å²) in [4.78, 5) is 17.1. The monoisotopic (exact) mass is 343 g/mol. The summed E-state index contributed by atoms with van der Waals surface area (Å²) >= 11 is 1.15. The van der Waals surface area contributed by atoms with Crippen LogP contribution in [-0.4, -0.2) is 57.4 Å². The first-order valence-electron chi connectivity index (χ1n) is 7.39. The Labute approximate surface area is 134 Å². The summed E-state index contributed by atoms with van der Waals surface area (Å²) < 4.78 is 23.2. The van der Waals surface area contributed by atoms with E-state index in [1.807, 2.05) is 4.90 Å². The first kappa shape index (κ1) is 15.9. The van der Waals surface area contributed by atoms with Crippen molar-refractivity contribution in [1.82, 2.24) is 9.80 Å². The fourth-order valence-corrected chi connectivity index (χ4v) is 5.63. The van der Waals surface area contributed by atoms with E-state index < -0.39 is 10.0 Å². The van der Waals surface area contributed by atoms with Crippen molar-refractivity contribution in [2.45, 2.75) is 24.2 Å². The molecule has 0 aromatic carbocycles. The lowest BCUT2D eigenvalue weighted by Crippen LogP contribution is -2.47. The third-order valence-electron chi connectivity index (χ3n) is 4.71. The molecule has 0 bridgehead atoms. The summed E-state index contributed by atoms with van der Waals surface area (Å²) in [5.74, 6) is -0.201. The molecular weight excluding hydrogens is 322 g/mol. The molecule has 0 saturated carbocycles. The number of nitrogens with zero attached hydrogens (tertiary/aromatic N) is 2. The molecule has 1 unspecified atom stereocenters. The summed E-state index contributed by atoms with van der Waals surface area (Å²) in [6.45, 7) is 3.46. The number of nitrogens with two attached hydrogens (primary N) is 1. The Morgan fingerprint density at radius 2 is 2.09 bits per heavy atom. The predicted octanol–water partition coefficient (Wildman–Crippen LogP) is 0.953. The van der Waals surface area contributed by atoms with Crippen molar-refractivity contribution in [3.63, 3.8) is 0 Å². The second-order valence-electron chi connectivity index (χ2n) is 6.48. The molecule has 1 aromatic heterocycles. The van der Waals surface area contributed by atoms with Gasteiger partial charge in [0.25, 0.3) is 5.91 Å². The Kier molecular flexibility index (Phi) is 4.05. The van der Waals surface area contributed by atoms with Crippen LogP contribution in [-0.2, 0) is 10.0 Å². The highest BCUT2D eigenvalue weighted by molar-refractivity contribution is 7.89. The average molecular weight is 343 g/mol. The molecule has 1 spiro atoms. The summed E-state index contributed by atoms with van der Waals surface area (Å²) in [5, 5.41) is 6.81. The van der Waals surface area contributed by atoms with E-state index in [0.29, 0.717) is 13.1 Å². The normalized spacial score (nSPS) is 26.7. The number of carbonyl (C=O) groups is 1. The van der Waals surface area contributed by atoms with Gasteiger partial charge >= 0.3 is 0 Å². The topological polar surface area (TPSA) is 83.7 Å². The summed E-state index contributed by atoms with van der Waals surface area (Å²) in [6, 6.07) is 1.41. The van der Waals surface area contributed by atoms with Crippen molar-refractivity contribution in [2.24, 2.45) is 10.6 Å². The van der Waals surface area contributed by atoms with Gasteiger partial charge in [-0.05, 0) is 44.3 Å². The Morgan fingerprint density at radius 1 is 1.32 bits per heavy atom. The van der Waals surface area contributed by atoms with E-state index in [2.05, 4.69) is 11.9 Å². The molecule has 2 fully saturated rings. The van der Waals surface area contributed by atoms with Crippen LogP contribution in [0.5, 0.6) is 0 Å². The highest BCUT2D eigenvalue weighted by atomic mass is 32.2. The molecule has 2 saturated heterocycles. The molecule has 22 heavy (non-hydrogen) atoms. The minimum Gasteiger partial charge on any atom is -0.337 e. The number of piperidine rings is 1. The third kappa shape index (κ3) is 2.92. The van der Waals surface area contributed by atoms with E-state index in [4.69, 9.17) is 5.14 Å². The number of hydrogen-bond acceptors (Lipinski definition) is 5. The molecule has 2 aliphatic rings. The standard InChI is InChI=1S/C14H21N3O3S2/c1-16-7-5-14(9-16)4-2-6-17(10-14)13(18)12-11(3-8-21-12)22(15,19)20/h3,8H,2,4-7,9-10H2,1H3,(H2,15,19,20). The minimum atomic E-state index is -3.86. The maximum atomic E-state index is 12.8. The molecule has 2 N–H and O–H groups in total. The van der Waals surface area contributed by atoms with Crippen molar-refractivity contribution in [3.05, 3.63) is 16.3 Å². The van der Waals surface area contributed by atoms with E-state index in [0.717, 1.165) is 43.7 Å². The Morgan fingerprint density at radius 3 is 2.73 bits per heavy atom. The SMILES string of the molecule is CN1CCC2(CCCN(C(=O)c3sccc3S(N)(=O)=O)C2)C1. The number of rotatable bonds is 2. The minimum absolute atomic E-state index is 0.0503. The second-order valence-corrected chi connectivity index (χ2v) is 8.92. The van der Waals surface area contributed by atoms with Crippen molar-refractivity contribution < 1.29 is 13.2 Å². The zero-order valence-electron chi connectivity index (χ0n) is 12.6. The van der Waals surface area contributed by atoms with Gasteiger partial charge in [0, 0.05) is 25.0 Å². The van der Waals surface area contributed by atoms with Crippen LogP contribution in [0.2, 0.25) is 0 Å². The molecule has 1 atom stereocenters. The predicted molar refractivity (Wildman–Crippen MR) is 85.4 cm³/mol. The molecular formula is C14H21N3O3S2. The zero-order chi connectivity index (χ0) is 16.0. The van der Waals surface area contributed by atoms with Crippen molar-refractivity contribution >= 4 is 27.3 Å². The van der Waals surface area contributed by atoms with Gasteiger partial charge in [0.1, 0.15) is 9.77 Å². The maximum absolute atomic E-state index is 12.8. The molecule has 6 nitrogen and oxygen atoms in total. The van der Waals surface area contributed by atoms with E-state index >= 15 is 0 Å². The van der Waals surface area contributed by atoms with Crippen LogP contribution < -0.4 is 5.14 Å². The van der Waals surface area contributed by atoms with Gasteiger partial charge < -0.3 is 9.80 Å². The Balaban J connectivity index is 1.83. The van der Waals surface area contributed by atoms with E-state index in [1.54, 1.807) is 5.38 Å². The summed E-state index contributed by atoms with van der Waals surface area (Å²) in [7, 11) is -1.75. The maximum Gasteiger partial charge on any atom is 0.265 e. The highest BCUT2D eigenvalue weighted by Crippen LogP contribution is 2.39. The van der Waals surface area contributed by atoms with Gasteiger partial charge in [-0.2, -0.15) is 0 Å². The Hall–Kier alpha value is -0.960. The van der Waals surface area contributed by atoms with Gasteiger partial charge in [0.05, 0.1) is 0 Å². The quantitative estimate of drug-likeness (QED) is 0.867. The van der Waals surface area contributed by atoms with E-state index in [-0.39, 0.29) is 21.1 Å². The van der Waals surface area contributed by atoms with Crippen molar-refractivity contribution in [1.29, 1.82) is 0 Å². The van der Waals surface area contributed by atoms with Gasteiger partial charge in [0.15, 0.2) is 0 Å². The van der Waals surface area contributed by atoms with Gasteiger partial charge in [-0.1, -0.05) is 0 Å². The number of thiophene rings is 1. The lowest BCUT2D eigenvalue weighted by Gasteiger charge is -2.40. The lowest BCUT2D eigenvalue weighted by atomic mass is 9.79. The second kappa shape index (κ2) is 5.59.